The van der Waals surface area contributed by atoms with Gasteiger partial charge in [0.05, 0.1) is 11.1 Å². The number of nitrogens with one attached hydrogen (secondary N) is 1. The van der Waals surface area contributed by atoms with Gasteiger partial charge in [0, 0.05) is 43.1 Å². The number of aromatic nitrogens is 2. The van der Waals surface area contributed by atoms with Crippen LogP contribution in [0.5, 0.6) is 0 Å². The molecule has 0 atom stereocenters. The third kappa shape index (κ3) is 3.32. The van der Waals surface area contributed by atoms with E-state index in [1.807, 2.05) is 16.9 Å². The summed E-state index contributed by atoms with van der Waals surface area (Å²) < 4.78 is 29.0. The zero-order valence-electron chi connectivity index (χ0n) is 14.4. The minimum atomic E-state index is -3.43. The lowest BCUT2D eigenvalue weighted by molar-refractivity contribution is 0.532. The lowest BCUT2D eigenvalue weighted by atomic mass is 10.2. The molecule has 2 heterocycles. The minimum Gasteiger partial charge on any atom is -0.366 e. The zero-order valence-corrected chi connectivity index (χ0v) is 15.2. The smallest absolute Gasteiger partial charge is 0.240 e. The molecule has 1 aliphatic rings. The Morgan fingerprint density at radius 3 is 2.79 bits per heavy atom. The number of benzene rings is 1. The van der Waals surface area contributed by atoms with Crippen molar-refractivity contribution in [2.75, 3.05) is 18.0 Å². The first kappa shape index (κ1) is 17.0. The lowest BCUT2D eigenvalue weighted by Crippen LogP contribution is -2.24. The molecule has 1 aliphatic heterocycles. The summed E-state index contributed by atoms with van der Waals surface area (Å²) in [5.41, 5.74) is 3.34. The number of nitrogens with zero attached hydrogens (tertiary/aromatic N) is 3. The maximum Gasteiger partial charge on any atom is 0.240 e. The highest BCUT2D eigenvalue weighted by Gasteiger charge is 2.23. The molecule has 1 N–H and O–H groups in total. The van der Waals surface area contributed by atoms with Crippen molar-refractivity contribution in [3.63, 3.8) is 0 Å². The quantitative estimate of drug-likeness (QED) is 0.870. The number of anilines is 1. The number of fused-ring (bicyclic) bond motifs is 1. The van der Waals surface area contributed by atoms with Gasteiger partial charge in [-0.25, -0.2) is 13.1 Å². The molecule has 1 aromatic carbocycles. The lowest BCUT2D eigenvalue weighted by Gasteiger charge is -2.19. The standard InChI is InChI=1S/C17H24N4O2S/c1-4-19-24(22,23)16-6-5-15-7-8-20(17(15)9-16)11-14-10-18-21(12-14)13(2)3/h5-6,9-10,12-13,19H,4,7-8,11H2,1-3H3. The van der Waals surface area contributed by atoms with Crippen molar-refractivity contribution in [3.05, 3.63) is 41.7 Å². The fourth-order valence-corrected chi connectivity index (χ4v) is 4.05. The molecule has 0 spiro atoms. The Balaban J connectivity index is 1.85. The van der Waals surface area contributed by atoms with Crippen LogP contribution in [-0.4, -0.2) is 31.3 Å². The summed E-state index contributed by atoms with van der Waals surface area (Å²) in [6.45, 7) is 8.00. The summed E-state index contributed by atoms with van der Waals surface area (Å²) in [6, 6.07) is 5.74. The van der Waals surface area contributed by atoms with Crippen molar-refractivity contribution in [3.8, 4) is 0 Å². The van der Waals surface area contributed by atoms with Gasteiger partial charge in [0.15, 0.2) is 0 Å². The van der Waals surface area contributed by atoms with Gasteiger partial charge in [-0.05, 0) is 38.0 Å². The molecule has 130 valence electrons. The van der Waals surface area contributed by atoms with Crippen molar-refractivity contribution in [2.45, 2.75) is 44.7 Å². The van der Waals surface area contributed by atoms with Gasteiger partial charge in [-0.1, -0.05) is 13.0 Å². The van der Waals surface area contributed by atoms with Crippen molar-refractivity contribution >= 4 is 15.7 Å². The number of sulfonamides is 1. The first-order valence-corrected chi connectivity index (χ1v) is 9.79. The molecule has 0 amide bonds. The molecule has 7 heteroatoms. The van der Waals surface area contributed by atoms with E-state index in [0.717, 1.165) is 30.8 Å². The normalized spacial score (nSPS) is 14.4. The Bertz CT molecular complexity index is 827. The summed E-state index contributed by atoms with van der Waals surface area (Å²) in [4.78, 5) is 2.55. The van der Waals surface area contributed by atoms with E-state index >= 15 is 0 Å². The van der Waals surface area contributed by atoms with Gasteiger partial charge in [0.1, 0.15) is 0 Å². The molecule has 0 radical (unpaired) electrons. The second-order valence-electron chi connectivity index (χ2n) is 6.39. The van der Waals surface area contributed by atoms with Crippen LogP contribution in [0.4, 0.5) is 5.69 Å². The van der Waals surface area contributed by atoms with Gasteiger partial charge in [-0.15, -0.1) is 0 Å². The van der Waals surface area contributed by atoms with Crippen molar-refractivity contribution in [1.29, 1.82) is 0 Å². The predicted molar refractivity (Wildman–Crippen MR) is 94.7 cm³/mol. The van der Waals surface area contributed by atoms with Crippen molar-refractivity contribution < 1.29 is 8.42 Å². The first-order valence-electron chi connectivity index (χ1n) is 8.31. The van der Waals surface area contributed by atoms with E-state index < -0.39 is 10.0 Å². The Morgan fingerprint density at radius 1 is 1.33 bits per heavy atom. The second-order valence-corrected chi connectivity index (χ2v) is 8.15. The molecule has 2 aromatic rings. The van der Waals surface area contributed by atoms with E-state index in [-0.39, 0.29) is 0 Å². The van der Waals surface area contributed by atoms with Crippen LogP contribution >= 0.6 is 0 Å². The van der Waals surface area contributed by atoms with E-state index in [9.17, 15) is 8.42 Å². The van der Waals surface area contributed by atoms with Crippen LogP contribution in [0.2, 0.25) is 0 Å². The molecule has 3 rings (SSSR count). The van der Waals surface area contributed by atoms with Gasteiger partial charge in [-0.3, -0.25) is 4.68 Å². The molecule has 0 unspecified atom stereocenters. The van der Waals surface area contributed by atoms with E-state index in [0.29, 0.717) is 17.5 Å². The average Bonchev–Trinajstić information content (AvgIpc) is 3.15. The Kier molecular flexibility index (Phi) is 4.64. The maximum atomic E-state index is 12.2. The molecule has 6 nitrogen and oxygen atoms in total. The molecule has 0 fully saturated rings. The molecule has 0 aliphatic carbocycles. The highest BCUT2D eigenvalue weighted by molar-refractivity contribution is 7.89. The van der Waals surface area contributed by atoms with Gasteiger partial charge < -0.3 is 4.90 Å². The number of hydrogen-bond acceptors (Lipinski definition) is 4. The third-order valence-electron chi connectivity index (χ3n) is 4.25. The number of hydrogen-bond donors (Lipinski definition) is 1. The Morgan fingerprint density at radius 2 is 2.12 bits per heavy atom. The summed E-state index contributed by atoms with van der Waals surface area (Å²) in [7, 11) is -3.43. The minimum absolute atomic E-state index is 0.327. The largest absolute Gasteiger partial charge is 0.366 e. The summed E-state index contributed by atoms with van der Waals surface area (Å²) >= 11 is 0. The fourth-order valence-electron chi connectivity index (χ4n) is 2.99. The number of rotatable bonds is 6. The van der Waals surface area contributed by atoms with Crippen LogP contribution in [-0.2, 0) is 23.0 Å². The maximum absolute atomic E-state index is 12.2. The third-order valence-corrected chi connectivity index (χ3v) is 5.79. The monoisotopic (exact) mass is 348 g/mol. The van der Waals surface area contributed by atoms with E-state index in [1.165, 1.54) is 5.56 Å². The summed E-state index contributed by atoms with van der Waals surface area (Å²) in [5, 5.41) is 4.38. The van der Waals surface area contributed by atoms with Crippen LogP contribution in [0.15, 0.2) is 35.5 Å². The average molecular weight is 348 g/mol. The molecule has 0 saturated heterocycles. The van der Waals surface area contributed by atoms with E-state index in [1.54, 1.807) is 19.1 Å². The summed E-state index contributed by atoms with van der Waals surface area (Å²) in [6.07, 6.45) is 4.88. The van der Waals surface area contributed by atoms with Gasteiger partial charge in [0.2, 0.25) is 10.0 Å². The van der Waals surface area contributed by atoms with Crippen LogP contribution in [0.25, 0.3) is 0 Å². The Labute approximate surface area is 143 Å². The predicted octanol–water partition coefficient (Wildman–Crippen LogP) is 2.32. The van der Waals surface area contributed by atoms with E-state index in [2.05, 4.69) is 34.8 Å². The Hall–Kier alpha value is -1.86. The highest BCUT2D eigenvalue weighted by Crippen LogP contribution is 2.31. The molecular weight excluding hydrogens is 324 g/mol. The topological polar surface area (TPSA) is 67.2 Å². The van der Waals surface area contributed by atoms with E-state index in [4.69, 9.17) is 0 Å². The molecule has 1 aromatic heterocycles. The summed E-state index contributed by atoms with van der Waals surface area (Å²) in [5.74, 6) is 0. The van der Waals surface area contributed by atoms with Crippen LogP contribution in [0.1, 0.15) is 37.9 Å². The van der Waals surface area contributed by atoms with Gasteiger partial charge in [-0.2, -0.15) is 5.10 Å². The first-order chi connectivity index (χ1) is 11.4. The van der Waals surface area contributed by atoms with Gasteiger partial charge >= 0.3 is 0 Å². The molecule has 0 bridgehead atoms. The molecule has 24 heavy (non-hydrogen) atoms. The second kappa shape index (κ2) is 6.57. The van der Waals surface area contributed by atoms with Crippen LogP contribution in [0.3, 0.4) is 0 Å². The fraction of sp³-hybridized carbons (Fsp3) is 0.471. The molecular formula is C17H24N4O2S. The van der Waals surface area contributed by atoms with Crippen LogP contribution < -0.4 is 9.62 Å². The van der Waals surface area contributed by atoms with Crippen molar-refractivity contribution in [2.24, 2.45) is 0 Å². The van der Waals surface area contributed by atoms with Crippen molar-refractivity contribution in [1.82, 2.24) is 14.5 Å². The highest BCUT2D eigenvalue weighted by atomic mass is 32.2. The SMILES string of the molecule is CCNS(=O)(=O)c1ccc2c(c1)N(Cc1cnn(C(C)C)c1)CC2. The molecule has 0 saturated carbocycles. The van der Waals surface area contributed by atoms with Gasteiger partial charge in [0.25, 0.3) is 0 Å². The van der Waals surface area contributed by atoms with Crippen LogP contribution in [0, 0.1) is 0 Å². The zero-order chi connectivity index (χ0) is 17.3.